The molecule has 0 aliphatic carbocycles. The van der Waals surface area contributed by atoms with Gasteiger partial charge in [0.1, 0.15) is 0 Å². The normalized spacial score (nSPS) is 16.6. The average molecular weight is 186 g/mol. The van der Waals surface area contributed by atoms with Gasteiger partial charge in [0, 0.05) is 12.1 Å². The van der Waals surface area contributed by atoms with Gasteiger partial charge in [-0.25, -0.2) is 0 Å². The summed E-state index contributed by atoms with van der Waals surface area (Å²) >= 11 is 0. The molecule has 0 fully saturated rings. The fourth-order valence-corrected chi connectivity index (χ4v) is 1.72. The third-order valence-corrected chi connectivity index (χ3v) is 2.86. The topological polar surface area (TPSA) is 24.1 Å². The van der Waals surface area contributed by atoms with Crippen LogP contribution in [0.15, 0.2) is 0 Å². The number of hydrogen-bond donors (Lipinski definition) is 2. The summed E-state index contributed by atoms with van der Waals surface area (Å²) in [5, 5.41) is 6.76. The maximum Gasteiger partial charge on any atom is 0.0102 e. The molecule has 2 atom stereocenters. The minimum atomic E-state index is 0.625. The van der Waals surface area contributed by atoms with Gasteiger partial charge >= 0.3 is 0 Å². The van der Waals surface area contributed by atoms with Crippen molar-refractivity contribution in [2.75, 3.05) is 14.1 Å². The smallest absolute Gasteiger partial charge is 0.0102 e. The molecule has 0 rings (SSSR count). The quantitative estimate of drug-likeness (QED) is 0.661. The van der Waals surface area contributed by atoms with Gasteiger partial charge in [0.05, 0.1) is 0 Å². The summed E-state index contributed by atoms with van der Waals surface area (Å²) in [6.45, 7) is 9.09. The maximum atomic E-state index is 3.38. The van der Waals surface area contributed by atoms with Crippen LogP contribution in [0.1, 0.15) is 34.1 Å². The van der Waals surface area contributed by atoms with Crippen molar-refractivity contribution in [2.24, 2.45) is 11.8 Å². The van der Waals surface area contributed by atoms with Crippen molar-refractivity contribution in [1.82, 2.24) is 10.6 Å². The molecule has 2 heteroatoms. The summed E-state index contributed by atoms with van der Waals surface area (Å²) in [6, 6.07) is 1.25. The molecule has 80 valence electrons. The summed E-state index contributed by atoms with van der Waals surface area (Å²) in [5.74, 6) is 1.42. The Morgan fingerprint density at radius 3 is 1.23 bits per heavy atom. The van der Waals surface area contributed by atoms with Crippen molar-refractivity contribution in [3.05, 3.63) is 0 Å². The summed E-state index contributed by atoms with van der Waals surface area (Å²) < 4.78 is 0. The van der Waals surface area contributed by atoms with Crippen molar-refractivity contribution in [1.29, 1.82) is 0 Å². The molecule has 2 N–H and O–H groups in total. The first-order valence-corrected chi connectivity index (χ1v) is 5.37. The van der Waals surface area contributed by atoms with Crippen LogP contribution in [0.2, 0.25) is 0 Å². The van der Waals surface area contributed by atoms with Gasteiger partial charge < -0.3 is 10.6 Å². The van der Waals surface area contributed by atoms with E-state index in [1.807, 2.05) is 0 Å². The fraction of sp³-hybridized carbons (Fsp3) is 1.00. The van der Waals surface area contributed by atoms with E-state index in [2.05, 4.69) is 52.4 Å². The molecule has 0 amide bonds. The highest BCUT2D eigenvalue weighted by atomic mass is 14.9. The number of hydrogen-bond acceptors (Lipinski definition) is 2. The van der Waals surface area contributed by atoms with E-state index < -0.39 is 0 Å². The highest BCUT2D eigenvalue weighted by Gasteiger charge is 2.18. The van der Waals surface area contributed by atoms with E-state index in [4.69, 9.17) is 0 Å². The van der Waals surface area contributed by atoms with E-state index in [-0.39, 0.29) is 0 Å². The Kier molecular flexibility index (Phi) is 6.35. The van der Waals surface area contributed by atoms with Gasteiger partial charge in [-0.1, -0.05) is 27.7 Å². The molecule has 0 aromatic carbocycles. The van der Waals surface area contributed by atoms with Gasteiger partial charge in [-0.2, -0.15) is 0 Å². The Hall–Kier alpha value is -0.0800. The van der Waals surface area contributed by atoms with Crippen LogP contribution in [0.3, 0.4) is 0 Å². The lowest BCUT2D eigenvalue weighted by Gasteiger charge is -2.28. The second-order valence-electron chi connectivity index (χ2n) is 4.51. The molecular formula is C11H26N2. The Balaban J connectivity index is 4.03. The molecule has 0 aromatic heterocycles. The van der Waals surface area contributed by atoms with Crippen molar-refractivity contribution < 1.29 is 0 Å². The third-order valence-electron chi connectivity index (χ3n) is 2.86. The molecule has 0 saturated heterocycles. The predicted octanol–water partition coefficient (Wildman–Crippen LogP) is 1.86. The molecule has 0 aliphatic rings. The van der Waals surface area contributed by atoms with Crippen LogP contribution in [0.25, 0.3) is 0 Å². The van der Waals surface area contributed by atoms with Crippen molar-refractivity contribution in [3.63, 3.8) is 0 Å². The third kappa shape index (κ3) is 4.63. The van der Waals surface area contributed by atoms with E-state index in [1.54, 1.807) is 0 Å². The highest BCUT2D eigenvalue weighted by molar-refractivity contribution is 4.78. The van der Waals surface area contributed by atoms with Crippen LogP contribution in [0.5, 0.6) is 0 Å². The minimum absolute atomic E-state index is 0.625. The summed E-state index contributed by atoms with van der Waals surface area (Å²) in [4.78, 5) is 0. The molecule has 13 heavy (non-hydrogen) atoms. The van der Waals surface area contributed by atoms with Gasteiger partial charge in [-0.15, -0.1) is 0 Å². The largest absolute Gasteiger partial charge is 0.317 e. The SMILES string of the molecule is CN[C@@H](C[C@H](NC)C(C)C)C(C)C. The molecule has 2 nitrogen and oxygen atoms in total. The van der Waals surface area contributed by atoms with E-state index >= 15 is 0 Å². The zero-order valence-corrected chi connectivity index (χ0v) is 10.0. The first-order valence-electron chi connectivity index (χ1n) is 5.37. The van der Waals surface area contributed by atoms with Crippen LogP contribution in [0, 0.1) is 11.8 Å². The average Bonchev–Trinajstić information content (AvgIpc) is 2.05. The van der Waals surface area contributed by atoms with Crippen LogP contribution in [-0.2, 0) is 0 Å². The van der Waals surface area contributed by atoms with Crippen LogP contribution >= 0.6 is 0 Å². The fourth-order valence-electron chi connectivity index (χ4n) is 1.72. The van der Waals surface area contributed by atoms with Gasteiger partial charge in [0.2, 0.25) is 0 Å². The number of nitrogens with one attached hydrogen (secondary N) is 2. The van der Waals surface area contributed by atoms with E-state index in [1.165, 1.54) is 6.42 Å². The lowest BCUT2D eigenvalue weighted by molar-refractivity contribution is 0.310. The number of rotatable bonds is 6. The van der Waals surface area contributed by atoms with E-state index in [0.717, 1.165) is 0 Å². The highest BCUT2D eigenvalue weighted by Crippen LogP contribution is 2.13. The zero-order valence-electron chi connectivity index (χ0n) is 10.0. The second kappa shape index (κ2) is 6.39. The van der Waals surface area contributed by atoms with E-state index in [9.17, 15) is 0 Å². The van der Waals surface area contributed by atoms with Crippen LogP contribution in [0.4, 0.5) is 0 Å². The molecule has 0 heterocycles. The second-order valence-corrected chi connectivity index (χ2v) is 4.51. The van der Waals surface area contributed by atoms with Gasteiger partial charge in [-0.3, -0.25) is 0 Å². The van der Waals surface area contributed by atoms with Crippen LogP contribution < -0.4 is 10.6 Å². The van der Waals surface area contributed by atoms with Crippen LogP contribution in [-0.4, -0.2) is 26.2 Å². The monoisotopic (exact) mass is 186 g/mol. The molecule has 0 aliphatic heterocycles. The molecule has 0 spiro atoms. The van der Waals surface area contributed by atoms with Crippen molar-refractivity contribution in [3.8, 4) is 0 Å². The van der Waals surface area contributed by atoms with Crippen molar-refractivity contribution >= 4 is 0 Å². The van der Waals surface area contributed by atoms with Gasteiger partial charge in [0.15, 0.2) is 0 Å². The Morgan fingerprint density at radius 1 is 0.769 bits per heavy atom. The lowest BCUT2D eigenvalue weighted by Crippen LogP contribution is -2.41. The molecule has 0 bridgehead atoms. The molecule has 0 aromatic rings. The van der Waals surface area contributed by atoms with E-state index in [0.29, 0.717) is 23.9 Å². The lowest BCUT2D eigenvalue weighted by atomic mass is 9.91. The Bertz CT molecular complexity index is 107. The Morgan fingerprint density at radius 2 is 1.08 bits per heavy atom. The summed E-state index contributed by atoms with van der Waals surface area (Å²) in [7, 11) is 4.11. The van der Waals surface area contributed by atoms with Gasteiger partial charge in [-0.05, 0) is 32.4 Å². The summed E-state index contributed by atoms with van der Waals surface area (Å²) in [6.07, 6.45) is 1.21. The molecule has 0 saturated carbocycles. The van der Waals surface area contributed by atoms with Crippen molar-refractivity contribution in [2.45, 2.75) is 46.2 Å². The molecular weight excluding hydrogens is 160 g/mol. The maximum absolute atomic E-state index is 3.38. The summed E-state index contributed by atoms with van der Waals surface area (Å²) in [5.41, 5.74) is 0. The van der Waals surface area contributed by atoms with Gasteiger partial charge in [0.25, 0.3) is 0 Å². The Labute approximate surface area is 83.5 Å². The molecule has 0 unspecified atom stereocenters. The minimum Gasteiger partial charge on any atom is -0.317 e. The predicted molar refractivity (Wildman–Crippen MR) is 60.0 cm³/mol. The first-order chi connectivity index (χ1) is 6.02. The molecule has 0 radical (unpaired) electrons. The zero-order chi connectivity index (χ0) is 10.4. The standard InChI is InChI=1S/C11H26N2/c1-8(2)10(12-5)7-11(13-6)9(3)4/h8-13H,7H2,1-6H3/t10-,11-/m0/s1. The first kappa shape index (κ1) is 12.9.